The average Bonchev–Trinajstić information content (AvgIpc) is 3.44. The molecule has 2 heterocycles. The summed E-state index contributed by atoms with van der Waals surface area (Å²) in [6.45, 7) is 2.41. The summed E-state index contributed by atoms with van der Waals surface area (Å²) in [5, 5.41) is 9.52. The van der Waals surface area contributed by atoms with Gasteiger partial charge in [-0.05, 0) is 47.7 Å². The number of sulfonamides is 1. The second-order valence-electron chi connectivity index (χ2n) is 7.82. The maximum atomic E-state index is 12.6. The smallest absolute Gasteiger partial charge is 0.248 e. The Balaban J connectivity index is 1.53. The highest BCUT2D eigenvalue weighted by atomic mass is 32.2. The van der Waals surface area contributed by atoms with Crippen LogP contribution >= 0.6 is 11.3 Å². The number of anilines is 2. The number of aryl methyl sites for hydroxylation is 1. The number of aromatic nitrogens is 2. The summed E-state index contributed by atoms with van der Waals surface area (Å²) in [5.74, 6) is -0.331. The second kappa shape index (κ2) is 10.1. The molecular formula is C25H24N4O3S2. The first-order chi connectivity index (χ1) is 16.3. The number of rotatable bonds is 8. The van der Waals surface area contributed by atoms with E-state index in [-0.39, 0.29) is 5.91 Å². The Hall–Kier alpha value is -3.69. The monoisotopic (exact) mass is 492 g/mol. The van der Waals surface area contributed by atoms with Crippen molar-refractivity contribution >= 4 is 44.7 Å². The molecule has 4 rings (SSSR count). The Labute approximate surface area is 202 Å². The minimum atomic E-state index is -3.42. The molecule has 0 aliphatic heterocycles. The minimum Gasteiger partial charge on any atom is -0.322 e. The lowest BCUT2D eigenvalue weighted by atomic mass is 10.2. The van der Waals surface area contributed by atoms with Crippen LogP contribution < -0.4 is 10.0 Å². The number of thiophene rings is 1. The fraction of sp³-hybridized carbons (Fsp3) is 0.120. The van der Waals surface area contributed by atoms with Gasteiger partial charge in [-0.15, -0.1) is 11.3 Å². The van der Waals surface area contributed by atoms with Gasteiger partial charge in [0.1, 0.15) is 5.69 Å². The van der Waals surface area contributed by atoms with Crippen molar-refractivity contribution in [2.24, 2.45) is 0 Å². The van der Waals surface area contributed by atoms with Gasteiger partial charge >= 0.3 is 0 Å². The third-order valence-corrected chi connectivity index (χ3v) is 6.41. The summed E-state index contributed by atoms with van der Waals surface area (Å²) in [4.78, 5) is 13.6. The van der Waals surface area contributed by atoms with Crippen LogP contribution in [0.2, 0.25) is 0 Å². The van der Waals surface area contributed by atoms with Gasteiger partial charge in [0.2, 0.25) is 15.9 Å². The topological polar surface area (TPSA) is 93.1 Å². The first kappa shape index (κ1) is 23.5. The van der Waals surface area contributed by atoms with Gasteiger partial charge in [0.25, 0.3) is 0 Å². The number of hydrogen-bond acceptors (Lipinski definition) is 5. The predicted molar refractivity (Wildman–Crippen MR) is 138 cm³/mol. The second-order valence-corrected chi connectivity index (χ2v) is 10.5. The molecule has 0 atom stereocenters. The van der Waals surface area contributed by atoms with E-state index in [4.69, 9.17) is 5.10 Å². The van der Waals surface area contributed by atoms with E-state index < -0.39 is 10.0 Å². The fourth-order valence-corrected chi connectivity index (χ4v) is 4.72. The molecule has 0 saturated heterocycles. The van der Waals surface area contributed by atoms with Crippen LogP contribution in [0, 0.1) is 6.92 Å². The van der Waals surface area contributed by atoms with E-state index in [1.165, 1.54) is 6.08 Å². The van der Waals surface area contributed by atoms with Gasteiger partial charge in [-0.25, -0.2) is 8.42 Å². The fourth-order valence-electron chi connectivity index (χ4n) is 3.37. The zero-order chi connectivity index (χ0) is 24.1. The Morgan fingerprint density at radius 1 is 1.12 bits per heavy atom. The lowest BCUT2D eigenvalue weighted by Gasteiger charge is -2.10. The van der Waals surface area contributed by atoms with Crippen molar-refractivity contribution in [1.82, 2.24) is 9.78 Å². The molecule has 2 aromatic heterocycles. The predicted octanol–water partition coefficient (Wildman–Crippen LogP) is 4.99. The number of nitrogens with zero attached hydrogens (tertiary/aromatic N) is 2. The maximum absolute atomic E-state index is 12.6. The lowest BCUT2D eigenvalue weighted by Crippen LogP contribution is -2.12. The van der Waals surface area contributed by atoms with E-state index in [0.717, 1.165) is 33.5 Å². The third-order valence-electron chi connectivity index (χ3n) is 4.95. The van der Waals surface area contributed by atoms with Gasteiger partial charge in [-0.1, -0.05) is 42.5 Å². The van der Waals surface area contributed by atoms with Crippen molar-refractivity contribution in [3.8, 4) is 10.6 Å². The van der Waals surface area contributed by atoms with E-state index in [1.54, 1.807) is 42.5 Å². The van der Waals surface area contributed by atoms with E-state index in [0.29, 0.717) is 17.9 Å². The number of amides is 1. The Morgan fingerprint density at radius 2 is 1.91 bits per heavy atom. The normalized spacial score (nSPS) is 11.6. The molecule has 7 nitrogen and oxygen atoms in total. The number of hydrogen-bond donors (Lipinski definition) is 2. The Kier molecular flexibility index (Phi) is 6.95. The molecule has 0 saturated carbocycles. The quantitative estimate of drug-likeness (QED) is 0.339. The number of nitrogens with one attached hydrogen (secondary N) is 2. The van der Waals surface area contributed by atoms with Crippen molar-refractivity contribution in [2.75, 3.05) is 16.3 Å². The molecule has 0 radical (unpaired) electrons. The molecule has 2 aromatic carbocycles. The van der Waals surface area contributed by atoms with Crippen molar-refractivity contribution in [3.63, 3.8) is 0 Å². The third kappa shape index (κ3) is 6.21. The molecule has 174 valence electrons. The van der Waals surface area contributed by atoms with Crippen LogP contribution in [-0.4, -0.2) is 30.4 Å². The van der Waals surface area contributed by atoms with Gasteiger partial charge in [0.05, 0.1) is 23.4 Å². The number of benzene rings is 2. The highest BCUT2D eigenvalue weighted by molar-refractivity contribution is 7.92. The summed E-state index contributed by atoms with van der Waals surface area (Å²) >= 11 is 1.59. The standard InChI is InChI=1S/C25H24N4O3S2/c1-18-10-12-21(15-22(18)28-34(2,31)32)26-24(30)13-11-20-17-29(16-19-7-4-3-5-8-19)27-25(20)23-9-6-14-33-23/h3-15,17,28H,16H2,1-2H3,(H,26,30)/b13-11+. The average molecular weight is 493 g/mol. The van der Waals surface area contributed by atoms with Crippen molar-refractivity contribution in [3.05, 3.63) is 95.0 Å². The maximum Gasteiger partial charge on any atom is 0.248 e. The minimum absolute atomic E-state index is 0.331. The van der Waals surface area contributed by atoms with E-state index in [1.807, 2.05) is 58.7 Å². The molecule has 4 aromatic rings. The van der Waals surface area contributed by atoms with Crippen LogP contribution in [0.1, 0.15) is 16.7 Å². The first-order valence-corrected chi connectivity index (χ1v) is 13.3. The molecule has 0 bridgehead atoms. The molecule has 1 amide bonds. The van der Waals surface area contributed by atoms with Crippen LogP contribution in [0.3, 0.4) is 0 Å². The summed E-state index contributed by atoms with van der Waals surface area (Å²) < 4.78 is 27.5. The van der Waals surface area contributed by atoms with Gasteiger partial charge in [0.15, 0.2) is 0 Å². The zero-order valence-electron chi connectivity index (χ0n) is 18.7. The van der Waals surface area contributed by atoms with Crippen LogP contribution in [0.4, 0.5) is 11.4 Å². The largest absolute Gasteiger partial charge is 0.322 e. The Morgan fingerprint density at radius 3 is 2.62 bits per heavy atom. The van der Waals surface area contributed by atoms with Crippen molar-refractivity contribution in [1.29, 1.82) is 0 Å². The van der Waals surface area contributed by atoms with E-state index in [9.17, 15) is 13.2 Å². The molecule has 0 aliphatic rings. The van der Waals surface area contributed by atoms with Crippen LogP contribution in [0.15, 0.2) is 78.3 Å². The highest BCUT2D eigenvalue weighted by Gasteiger charge is 2.12. The lowest BCUT2D eigenvalue weighted by molar-refractivity contribution is -0.111. The van der Waals surface area contributed by atoms with E-state index >= 15 is 0 Å². The van der Waals surface area contributed by atoms with Crippen LogP contribution in [-0.2, 0) is 21.4 Å². The molecule has 34 heavy (non-hydrogen) atoms. The molecule has 0 unspecified atom stereocenters. The van der Waals surface area contributed by atoms with Gasteiger partial charge < -0.3 is 5.32 Å². The summed E-state index contributed by atoms with van der Waals surface area (Å²) in [6.07, 6.45) is 6.20. The van der Waals surface area contributed by atoms with E-state index in [2.05, 4.69) is 10.0 Å². The molecule has 0 fully saturated rings. The Bertz CT molecular complexity index is 1420. The van der Waals surface area contributed by atoms with Gasteiger partial charge in [0, 0.05) is 23.5 Å². The van der Waals surface area contributed by atoms with Crippen LogP contribution in [0.5, 0.6) is 0 Å². The SMILES string of the molecule is Cc1ccc(NC(=O)/C=C/c2cn(Cc3ccccc3)nc2-c2cccs2)cc1NS(C)(=O)=O. The van der Waals surface area contributed by atoms with Gasteiger partial charge in [-0.2, -0.15) is 5.10 Å². The summed E-state index contributed by atoms with van der Waals surface area (Å²) in [7, 11) is -3.42. The summed E-state index contributed by atoms with van der Waals surface area (Å²) in [6, 6.07) is 19.1. The molecule has 0 aliphatic carbocycles. The zero-order valence-corrected chi connectivity index (χ0v) is 20.4. The van der Waals surface area contributed by atoms with Crippen molar-refractivity contribution < 1.29 is 13.2 Å². The molecule has 9 heteroatoms. The highest BCUT2D eigenvalue weighted by Crippen LogP contribution is 2.28. The number of carbonyl (C=O) groups excluding carboxylic acids is 1. The van der Waals surface area contributed by atoms with Crippen molar-refractivity contribution in [2.45, 2.75) is 13.5 Å². The molecule has 0 spiro atoms. The molecule has 2 N–H and O–H groups in total. The molecular weight excluding hydrogens is 468 g/mol. The van der Waals surface area contributed by atoms with Crippen LogP contribution in [0.25, 0.3) is 16.6 Å². The van der Waals surface area contributed by atoms with Gasteiger partial charge in [-0.3, -0.25) is 14.2 Å². The summed E-state index contributed by atoms with van der Waals surface area (Å²) in [5.41, 5.74) is 4.44. The first-order valence-electron chi connectivity index (χ1n) is 10.5. The number of carbonyl (C=O) groups is 1.